The summed E-state index contributed by atoms with van der Waals surface area (Å²) in [7, 11) is 0. The molecule has 1 aliphatic carbocycles. The van der Waals surface area contributed by atoms with E-state index in [0.717, 1.165) is 5.57 Å². The normalized spacial score (nSPS) is 32.0. The van der Waals surface area contributed by atoms with E-state index in [0.29, 0.717) is 11.7 Å². The van der Waals surface area contributed by atoms with Crippen LogP contribution in [0, 0.1) is 11.8 Å². The minimum atomic E-state index is 0.268. The van der Waals surface area contributed by atoms with E-state index in [2.05, 4.69) is 6.92 Å². The van der Waals surface area contributed by atoms with E-state index in [4.69, 9.17) is 0 Å². The van der Waals surface area contributed by atoms with Gasteiger partial charge in [-0.1, -0.05) is 19.4 Å². The maximum absolute atomic E-state index is 11.2. The lowest BCUT2D eigenvalue weighted by Gasteiger charge is -2.33. The fraction of sp³-hybridized carbons (Fsp3) is 0.667. The number of ketones is 1. The molecule has 0 aromatic heterocycles. The zero-order valence-corrected chi connectivity index (χ0v) is 7.06. The Labute approximate surface area is 62.1 Å². The summed E-state index contributed by atoms with van der Waals surface area (Å²) in [5.74, 6) is 1.12. The minimum Gasteiger partial charge on any atom is -0.294 e. The predicted molar refractivity (Wildman–Crippen MR) is 41.7 cm³/mol. The second kappa shape index (κ2) is 2.22. The molecule has 1 nitrogen and oxygen atoms in total. The monoisotopic (exact) mass is 138 g/mol. The lowest BCUT2D eigenvalue weighted by Crippen LogP contribution is -2.36. The molecular formula is C9H14O. The maximum atomic E-state index is 11.2. The predicted octanol–water partition coefficient (Wildman–Crippen LogP) is 2.18. The van der Waals surface area contributed by atoms with Crippen LogP contribution in [0.3, 0.4) is 0 Å². The van der Waals surface area contributed by atoms with Crippen molar-refractivity contribution < 1.29 is 4.79 Å². The molecular weight excluding hydrogens is 124 g/mol. The lowest BCUT2D eigenvalue weighted by molar-refractivity contribution is -0.125. The van der Waals surface area contributed by atoms with Crippen LogP contribution in [0.4, 0.5) is 0 Å². The molecule has 0 aromatic carbocycles. The molecule has 56 valence electrons. The van der Waals surface area contributed by atoms with Crippen molar-refractivity contribution >= 4 is 5.78 Å². The number of rotatable bonds is 0. The van der Waals surface area contributed by atoms with Gasteiger partial charge in [0, 0.05) is 5.92 Å². The Morgan fingerprint density at radius 3 is 1.90 bits per heavy atom. The average molecular weight is 138 g/mol. The Balaban J connectivity index is 2.87. The van der Waals surface area contributed by atoms with Crippen molar-refractivity contribution in [2.45, 2.75) is 27.7 Å². The Hall–Kier alpha value is -0.590. The first-order valence-electron chi connectivity index (χ1n) is 3.77. The van der Waals surface area contributed by atoms with Crippen LogP contribution in [0.15, 0.2) is 11.1 Å². The number of hydrogen-bond acceptors (Lipinski definition) is 1. The van der Waals surface area contributed by atoms with E-state index < -0.39 is 0 Å². The first-order valence-corrected chi connectivity index (χ1v) is 3.77. The van der Waals surface area contributed by atoms with Crippen LogP contribution in [0.2, 0.25) is 0 Å². The molecule has 2 atom stereocenters. The van der Waals surface area contributed by atoms with Crippen LogP contribution in [0.25, 0.3) is 0 Å². The smallest absolute Gasteiger partial charge is 0.162 e. The number of hydrogen-bond donors (Lipinski definition) is 0. The van der Waals surface area contributed by atoms with Gasteiger partial charge in [-0.05, 0) is 25.3 Å². The summed E-state index contributed by atoms with van der Waals surface area (Å²) in [4.78, 5) is 11.2. The van der Waals surface area contributed by atoms with Gasteiger partial charge in [0.15, 0.2) is 5.78 Å². The molecule has 0 amide bonds. The summed E-state index contributed by atoms with van der Waals surface area (Å²) in [6, 6.07) is 0. The summed E-state index contributed by atoms with van der Waals surface area (Å²) in [5.41, 5.74) is 2.25. The molecule has 0 saturated heterocycles. The summed E-state index contributed by atoms with van der Waals surface area (Å²) in [6.07, 6.45) is 0. The standard InChI is InChI=1S/C9H14O/c1-5(2)8-6(3)7(4)9(8)10/h6-7H,1-4H3/t6-,7+/m1/s1. The van der Waals surface area contributed by atoms with Crippen molar-refractivity contribution in [1.82, 2.24) is 0 Å². The zero-order valence-electron chi connectivity index (χ0n) is 7.06. The van der Waals surface area contributed by atoms with Crippen molar-refractivity contribution in [1.29, 1.82) is 0 Å². The van der Waals surface area contributed by atoms with E-state index >= 15 is 0 Å². The third kappa shape index (κ3) is 0.808. The Kier molecular flexibility index (Phi) is 1.67. The Morgan fingerprint density at radius 2 is 1.70 bits per heavy atom. The summed E-state index contributed by atoms with van der Waals surface area (Å²) in [5, 5.41) is 0. The van der Waals surface area contributed by atoms with Gasteiger partial charge < -0.3 is 0 Å². The fourth-order valence-corrected chi connectivity index (χ4v) is 1.55. The van der Waals surface area contributed by atoms with E-state index in [1.54, 1.807) is 0 Å². The van der Waals surface area contributed by atoms with Crippen molar-refractivity contribution in [3.8, 4) is 0 Å². The van der Waals surface area contributed by atoms with Gasteiger partial charge in [0.1, 0.15) is 0 Å². The van der Waals surface area contributed by atoms with Crippen LogP contribution in [0.1, 0.15) is 27.7 Å². The molecule has 1 aliphatic rings. The van der Waals surface area contributed by atoms with Crippen LogP contribution in [-0.4, -0.2) is 5.78 Å². The van der Waals surface area contributed by atoms with Gasteiger partial charge in [0.05, 0.1) is 0 Å². The molecule has 0 aliphatic heterocycles. The molecule has 0 aromatic rings. The third-order valence-electron chi connectivity index (χ3n) is 2.42. The van der Waals surface area contributed by atoms with E-state index in [9.17, 15) is 4.79 Å². The topological polar surface area (TPSA) is 17.1 Å². The maximum Gasteiger partial charge on any atom is 0.162 e. The molecule has 0 spiro atoms. The second-order valence-electron chi connectivity index (χ2n) is 3.36. The molecule has 1 heteroatoms. The number of carbonyl (C=O) groups excluding carboxylic acids is 1. The molecule has 0 radical (unpaired) electrons. The van der Waals surface area contributed by atoms with Crippen LogP contribution < -0.4 is 0 Å². The fourth-order valence-electron chi connectivity index (χ4n) is 1.55. The average Bonchev–Trinajstić information content (AvgIpc) is 1.87. The lowest BCUT2D eigenvalue weighted by atomic mass is 9.68. The van der Waals surface area contributed by atoms with Gasteiger partial charge in [-0.2, -0.15) is 0 Å². The largest absolute Gasteiger partial charge is 0.294 e. The zero-order chi connectivity index (χ0) is 7.89. The highest BCUT2D eigenvalue weighted by molar-refractivity contribution is 6.04. The Bertz CT molecular complexity index is 197. The molecule has 0 bridgehead atoms. The molecule has 10 heavy (non-hydrogen) atoms. The first-order chi connectivity index (χ1) is 4.55. The molecule has 0 N–H and O–H groups in total. The summed E-state index contributed by atoms with van der Waals surface area (Å²) < 4.78 is 0. The van der Waals surface area contributed by atoms with E-state index in [1.165, 1.54) is 5.57 Å². The molecule has 1 rings (SSSR count). The quantitative estimate of drug-likeness (QED) is 0.469. The summed E-state index contributed by atoms with van der Waals surface area (Å²) in [6.45, 7) is 8.14. The SMILES string of the molecule is CC(C)=C1C(=O)[C@@H](C)[C@H]1C. The van der Waals surface area contributed by atoms with Gasteiger partial charge in [-0.25, -0.2) is 0 Å². The highest BCUT2D eigenvalue weighted by atomic mass is 16.1. The van der Waals surface area contributed by atoms with Crippen molar-refractivity contribution in [2.24, 2.45) is 11.8 Å². The van der Waals surface area contributed by atoms with E-state index in [1.807, 2.05) is 20.8 Å². The van der Waals surface area contributed by atoms with Gasteiger partial charge in [0.2, 0.25) is 0 Å². The Morgan fingerprint density at radius 1 is 1.20 bits per heavy atom. The molecule has 1 fully saturated rings. The van der Waals surface area contributed by atoms with Gasteiger partial charge in [-0.3, -0.25) is 4.79 Å². The van der Waals surface area contributed by atoms with Gasteiger partial charge in [-0.15, -0.1) is 0 Å². The van der Waals surface area contributed by atoms with Crippen molar-refractivity contribution in [3.05, 3.63) is 11.1 Å². The minimum absolute atomic E-state index is 0.268. The number of carbonyl (C=O) groups is 1. The van der Waals surface area contributed by atoms with Crippen LogP contribution in [-0.2, 0) is 4.79 Å². The molecule has 0 unspecified atom stereocenters. The highest BCUT2D eigenvalue weighted by Crippen LogP contribution is 2.37. The van der Waals surface area contributed by atoms with Gasteiger partial charge >= 0.3 is 0 Å². The second-order valence-corrected chi connectivity index (χ2v) is 3.36. The first kappa shape index (κ1) is 7.52. The van der Waals surface area contributed by atoms with Crippen molar-refractivity contribution in [3.63, 3.8) is 0 Å². The van der Waals surface area contributed by atoms with Crippen LogP contribution >= 0.6 is 0 Å². The van der Waals surface area contributed by atoms with E-state index in [-0.39, 0.29) is 5.92 Å². The molecule has 1 saturated carbocycles. The molecule has 0 heterocycles. The van der Waals surface area contributed by atoms with Crippen LogP contribution in [0.5, 0.6) is 0 Å². The van der Waals surface area contributed by atoms with Gasteiger partial charge in [0.25, 0.3) is 0 Å². The number of Topliss-reactive ketones (excluding diaryl/α,β-unsaturated/α-hetero) is 1. The van der Waals surface area contributed by atoms with Crippen molar-refractivity contribution in [2.75, 3.05) is 0 Å². The highest BCUT2D eigenvalue weighted by Gasteiger charge is 2.38. The summed E-state index contributed by atoms with van der Waals surface area (Å²) >= 11 is 0. The number of allylic oxidation sites excluding steroid dienone is 2. The third-order valence-corrected chi connectivity index (χ3v) is 2.42.